The summed E-state index contributed by atoms with van der Waals surface area (Å²) in [5, 5.41) is 23.2. The number of hydrogen-bond acceptors (Lipinski definition) is 5. The standard InChI is InChI=1S/C66H129NO5/c1-3-5-7-9-11-13-15-17-19-21-22-23-24-25-26-27-28-30-34-38-42-46-50-54-58-64(69)63(62-68)67-65(70)59-55-51-47-43-39-35-31-29-33-37-41-45-49-53-57-61-72-66(71)60-56-52-48-44-40-36-32-20-18-16-14-12-10-8-6-4-2/h54,58,63-64,68-69H,3-53,55-57,59-62H2,1-2H3,(H,67,70)/b58-54+. The molecule has 0 aromatic carbocycles. The summed E-state index contributed by atoms with van der Waals surface area (Å²) in [5.41, 5.74) is 0. The first kappa shape index (κ1) is 70.6. The first-order chi connectivity index (χ1) is 35.5. The molecule has 0 aliphatic heterocycles. The SMILES string of the molecule is CCCCCCCCCCCCCCCCCCCCCCCC/C=C/C(O)C(CO)NC(=O)CCCCCCCCCCCCCCCCCOC(=O)CCCCCCCCCCCCCCCCCC. The number of ether oxygens (including phenoxy) is 1. The van der Waals surface area contributed by atoms with Crippen LogP contribution in [0.5, 0.6) is 0 Å². The van der Waals surface area contributed by atoms with Gasteiger partial charge in [-0.05, 0) is 32.1 Å². The van der Waals surface area contributed by atoms with Crippen LogP contribution >= 0.6 is 0 Å². The second kappa shape index (κ2) is 62.1. The number of rotatable bonds is 62. The zero-order valence-electron chi connectivity index (χ0n) is 48.9. The molecule has 0 saturated heterocycles. The highest BCUT2D eigenvalue weighted by molar-refractivity contribution is 5.76. The molecule has 2 unspecified atom stereocenters. The Hall–Kier alpha value is -1.40. The molecule has 3 N–H and O–H groups in total. The van der Waals surface area contributed by atoms with Crippen molar-refractivity contribution in [2.45, 2.75) is 386 Å². The van der Waals surface area contributed by atoms with Crippen molar-refractivity contribution in [3.05, 3.63) is 12.2 Å². The van der Waals surface area contributed by atoms with Crippen molar-refractivity contribution in [1.29, 1.82) is 0 Å². The van der Waals surface area contributed by atoms with Gasteiger partial charge >= 0.3 is 5.97 Å². The molecule has 6 heteroatoms. The molecule has 6 nitrogen and oxygen atoms in total. The molecule has 0 aromatic heterocycles. The van der Waals surface area contributed by atoms with Crippen molar-refractivity contribution >= 4 is 11.9 Å². The normalized spacial score (nSPS) is 12.6. The summed E-state index contributed by atoms with van der Waals surface area (Å²) < 4.78 is 5.49. The zero-order chi connectivity index (χ0) is 52.2. The maximum Gasteiger partial charge on any atom is 0.305 e. The van der Waals surface area contributed by atoms with Crippen LogP contribution in [-0.2, 0) is 14.3 Å². The minimum Gasteiger partial charge on any atom is -0.466 e. The highest BCUT2D eigenvalue weighted by Crippen LogP contribution is 2.19. The molecule has 0 fully saturated rings. The van der Waals surface area contributed by atoms with Crippen molar-refractivity contribution < 1.29 is 24.5 Å². The molecule has 0 saturated carbocycles. The van der Waals surface area contributed by atoms with Crippen LogP contribution in [0.4, 0.5) is 0 Å². The van der Waals surface area contributed by atoms with Gasteiger partial charge in [0.25, 0.3) is 0 Å². The molecule has 0 aromatic rings. The van der Waals surface area contributed by atoms with Crippen LogP contribution in [-0.4, -0.2) is 47.4 Å². The van der Waals surface area contributed by atoms with Gasteiger partial charge in [0.15, 0.2) is 0 Å². The van der Waals surface area contributed by atoms with Gasteiger partial charge in [-0.15, -0.1) is 0 Å². The van der Waals surface area contributed by atoms with Gasteiger partial charge in [-0.3, -0.25) is 9.59 Å². The largest absolute Gasteiger partial charge is 0.466 e. The van der Waals surface area contributed by atoms with E-state index in [1.165, 1.54) is 302 Å². The van der Waals surface area contributed by atoms with Gasteiger partial charge in [-0.25, -0.2) is 0 Å². The van der Waals surface area contributed by atoms with E-state index in [1.54, 1.807) is 6.08 Å². The van der Waals surface area contributed by atoms with Gasteiger partial charge in [0, 0.05) is 12.8 Å². The van der Waals surface area contributed by atoms with Crippen LogP contribution in [0.2, 0.25) is 0 Å². The third kappa shape index (κ3) is 57.9. The van der Waals surface area contributed by atoms with Crippen LogP contribution in [0.3, 0.4) is 0 Å². The average Bonchev–Trinajstić information content (AvgIpc) is 3.38. The minimum atomic E-state index is -0.851. The number of esters is 1. The lowest BCUT2D eigenvalue weighted by Gasteiger charge is -2.20. The number of unbranched alkanes of at least 4 members (excludes halogenated alkanes) is 51. The summed E-state index contributed by atoms with van der Waals surface area (Å²) in [6.45, 7) is 4.93. The Morgan fingerprint density at radius 1 is 0.375 bits per heavy atom. The van der Waals surface area contributed by atoms with E-state index in [0.29, 0.717) is 19.4 Å². The van der Waals surface area contributed by atoms with Crippen LogP contribution in [0.1, 0.15) is 373 Å². The van der Waals surface area contributed by atoms with E-state index >= 15 is 0 Å². The molecular formula is C66H129NO5. The van der Waals surface area contributed by atoms with Gasteiger partial charge in [-0.1, -0.05) is 341 Å². The molecule has 0 aliphatic rings. The molecule has 0 spiro atoms. The molecule has 428 valence electrons. The fraction of sp³-hybridized carbons (Fsp3) is 0.939. The van der Waals surface area contributed by atoms with Crippen LogP contribution < -0.4 is 5.32 Å². The molecule has 2 atom stereocenters. The first-order valence-electron chi connectivity index (χ1n) is 33.0. The van der Waals surface area contributed by atoms with E-state index < -0.39 is 12.1 Å². The van der Waals surface area contributed by atoms with Crippen molar-refractivity contribution in [3.8, 4) is 0 Å². The summed E-state index contributed by atoms with van der Waals surface area (Å²) in [7, 11) is 0. The summed E-state index contributed by atoms with van der Waals surface area (Å²) in [6.07, 6.45) is 75.4. The minimum absolute atomic E-state index is 0.00429. The Kier molecular flexibility index (Phi) is 60.9. The molecule has 0 bridgehead atoms. The van der Waals surface area contributed by atoms with Gasteiger partial charge in [0.05, 0.1) is 25.4 Å². The molecule has 0 aliphatic carbocycles. The second-order valence-corrected chi connectivity index (χ2v) is 22.8. The lowest BCUT2D eigenvalue weighted by molar-refractivity contribution is -0.143. The highest BCUT2D eigenvalue weighted by Gasteiger charge is 2.18. The quantitative estimate of drug-likeness (QED) is 0.0320. The number of aliphatic hydroxyl groups excluding tert-OH is 2. The average molecular weight is 1020 g/mol. The van der Waals surface area contributed by atoms with E-state index in [2.05, 4.69) is 19.2 Å². The van der Waals surface area contributed by atoms with Gasteiger partial charge in [-0.2, -0.15) is 0 Å². The number of hydrogen-bond donors (Lipinski definition) is 3. The predicted octanol–water partition coefficient (Wildman–Crippen LogP) is 20.8. The Bertz CT molecular complexity index is 1080. The van der Waals surface area contributed by atoms with Crippen LogP contribution in [0.25, 0.3) is 0 Å². The van der Waals surface area contributed by atoms with Crippen molar-refractivity contribution in [3.63, 3.8) is 0 Å². The highest BCUT2D eigenvalue weighted by atomic mass is 16.5. The number of amides is 1. The molecule has 72 heavy (non-hydrogen) atoms. The lowest BCUT2D eigenvalue weighted by Crippen LogP contribution is -2.45. The third-order valence-electron chi connectivity index (χ3n) is 15.6. The molecular weight excluding hydrogens is 887 g/mol. The number of allylic oxidation sites excluding steroid dienone is 1. The number of carbonyl (C=O) groups excluding carboxylic acids is 2. The van der Waals surface area contributed by atoms with E-state index in [4.69, 9.17) is 4.74 Å². The summed E-state index contributed by atoms with van der Waals surface area (Å²) in [4.78, 5) is 24.6. The Morgan fingerprint density at radius 2 is 0.639 bits per heavy atom. The number of nitrogens with one attached hydrogen (secondary N) is 1. The Labute approximate surface area is 450 Å². The van der Waals surface area contributed by atoms with Crippen molar-refractivity contribution in [2.24, 2.45) is 0 Å². The van der Waals surface area contributed by atoms with E-state index in [-0.39, 0.29) is 18.5 Å². The fourth-order valence-corrected chi connectivity index (χ4v) is 10.5. The Balaban J connectivity index is 3.44. The number of carbonyl (C=O) groups is 2. The summed E-state index contributed by atoms with van der Waals surface area (Å²) in [6, 6.07) is -0.635. The smallest absolute Gasteiger partial charge is 0.305 e. The van der Waals surface area contributed by atoms with Gasteiger partial charge in [0.1, 0.15) is 0 Å². The molecule has 0 rings (SSSR count). The predicted molar refractivity (Wildman–Crippen MR) is 315 cm³/mol. The van der Waals surface area contributed by atoms with Gasteiger partial charge < -0.3 is 20.3 Å². The first-order valence-corrected chi connectivity index (χ1v) is 33.0. The lowest BCUT2D eigenvalue weighted by atomic mass is 10.0. The molecule has 0 heterocycles. The topological polar surface area (TPSA) is 95.9 Å². The van der Waals surface area contributed by atoms with Crippen molar-refractivity contribution in [2.75, 3.05) is 13.2 Å². The third-order valence-corrected chi connectivity index (χ3v) is 15.6. The summed E-state index contributed by atoms with van der Waals surface area (Å²) >= 11 is 0. The van der Waals surface area contributed by atoms with Crippen LogP contribution in [0, 0.1) is 0 Å². The van der Waals surface area contributed by atoms with E-state index in [9.17, 15) is 19.8 Å². The number of aliphatic hydroxyl groups is 2. The summed E-state index contributed by atoms with van der Waals surface area (Å²) in [5.74, 6) is -0.0673. The van der Waals surface area contributed by atoms with Crippen molar-refractivity contribution in [1.82, 2.24) is 5.32 Å². The molecule has 0 radical (unpaired) electrons. The molecule has 1 amide bonds. The Morgan fingerprint density at radius 3 is 0.944 bits per heavy atom. The van der Waals surface area contributed by atoms with E-state index in [1.807, 2.05) is 6.08 Å². The zero-order valence-corrected chi connectivity index (χ0v) is 48.9. The van der Waals surface area contributed by atoms with E-state index in [0.717, 1.165) is 44.9 Å². The maximum atomic E-state index is 12.5. The maximum absolute atomic E-state index is 12.5. The van der Waals surface area contributed by atoms with Crippen LogP contribution in [0.15, 0.2) is 12.2 Å². The monoisotopic (exact) mass is 1020 g/mol. The second-order valence-electron chi connectivity index (χ2n) is 22.8. The van der Waals surface area contributed by atoms with Gasteiger partial charge in [0.2, 0.25) is 5.91 Å². The fourth-order valence-electron chi connectivity index (χ4n) is 10.5.